The summed E-state index contributed by atoms with van der Waals surface area (Å²) in [5.74, 6) is 1.31. The van der Waals surface area contributed by atoms with Crippen molar-refractivity contribution in [3.8, 4) is 0 Å². The van der Waals surface area contributed by atoms with E-state index in [1.807, 2.05) is 0 Å². The topological polar surface area (TPSA) is 37.8 Å². The zero-order valence-corrected chi connectivity index (χ0v) is 11.2. The molecule has 2 heterocycles. The zero-order valence-electron chi connectivity index (χ0n) is 9.60. The van der Waals surface area contributed by atoms with Gasteiger partial charge in [0.15, 0.2) is 0 Å². The molecule has 16 heavy (non-hydrogen) atoms. The van der Waals surface area contributed by atoms with Crippen molar-refractivity contribution < 1.29 is 0 Å². The van der Waals surface area contributed by atoms with Gasteiger partial charge in [-0.1, -0.05) is 13.8 Å². The average Bonchev–Trinajstić information content (AvgIpc) is 2.87. The molecule has 0 saturated carbocycles. The van der Waals surface area contributed by atoms with Crippen molar-refractivity contribution in [2.75, 3.05) is 5.32 Å². The van der Waals surface area contributed by atoms with Gasteiger partial charge in [0, 0.05) is 17.5 Å². The summed E-state index contributed by atoms with van der Waals surface area (Å²) in [4.78, 5) is 4.46. The van der Waals surface area contributed by atoms with E-state index in [-0.39, 0.29) is 0 Å². The number of thiophene rings is 1. The second-order valence-corrected chi connectivity index (χ2v) is 5.57. The first kappa shape index (κ1) is 11.5. The molecular weight excluding hydrogens is 238 g/mol. The van der Waals surface area contributed by atoms with Crippen LogP contribution in [0.3, 0.4) is 0 Å². The highest BCUT2D eigenvalue weighted by Gasteiger charge is 2.11. The Hall–Kier alpha value is -0.940. The SMILES string of the molecule is CC(C)c1nsc(NC(C)c2ccsc2)n1. The molecule has 0 aromatic carbocycles. The Balaban J connectivity index is 2.03. The van der Waals surface area contributed by atoms with E-state index in [2.05, 4.69) is 52.3 Å². The van der Waals surface area contributed by atoms with Gasteiger partial charge in [-0.25, -0.2) is 4.98 Å². The highest BCUT2D eigenvalue weighted by Crippen LogP contribution is 2.23. The van der Waals surface area contributed by atoms with Crippen LogP contribution < -0.4 is 5.32 Å². The smallest absolute Gasteiger partial charge is 0.203 e. The zero-order chi connectivity index (χ0) is 11.5. The third-order valence-corrected chi connectivity index (χ3v) is 3.70. The van der Waals surface area contributed by atoms with Gasteiger partial charge in [-0.2, -0.15) is 15.7 Å². The van der Waals surface area contributed by atoms with Gasteiger partial charge in [-0.15, -0.1) is 0 Å². The Morgan fingerprint density at radius 3 is 2.69 bits per heavy atom. The van der Waals surface area contributed by atoms with Gasteiger partial charge < -0.3 is 5.32 Å². The number of aromatic nitrogens is 2. The highest BCUT2D eigenvalue weighted by molar-refractivity contribution is 7.09. The van der Waals surface area contributed by atoms with E-state index in [0.717, 1.165) is 11.0 Å². The molecule has 86 valence electrons. The molecule has 0 radical (unpaired) electrons. The molecule has 0 amide bonds. The Morgan fingerprint density at radius 1 is 1.31 bits per heavy atom. The summed E-state index contributed by atoms with van der Waals surface area (Å²) in [6.07, 6.45) is 0. The fraction of sp³-hybridized carbons (Fsp3) is 0.455. The predicted octanol–water partition coefficient (Wildman–Crippen LogP) is 3.90. The summed E-state index contributed by atoms with van der Waals surface area (Å²) in [6, 6.07) is 2.42. The van der Waals surface area contributed by atoms with Crippen molar-refractivity contribution in [2.45, 2.75) is 32.7 Å². The van der Waals surface area contributed by atoms with E-state index < -0.39 is 0 Å². The molecule has 1 atom stereocenters. The third kappa shape index (κ3) is 2.59. The summed E-state index contributed by atoms with van der Waals surface area (Å²) < 4.78 is 4.32. The summed E-state index contributed by atoms with van der Waals surface area (Å²) >= 11 is 3.15. The van der Waals surface area contributed by atoms with Gasteiger partial charge in [-0.05, 0) is 29.3 Å². The largest absolute Gasteiger partial charge is 0.354 e. The van der Waals surface area contributed by atoms with E-state index >= 15 is 0 Å². The first-order valence-corrected chi connectivity index (χ1v) is 7.00. The van der Waals surface area contributed by atoms with Crippen molar-refractivity contribution in [1.82, 2.24) is 9.36 Å². The molecule has 0 aliphatic carbocycles. The van der Waals surface area contributed by atoms with E-state index in [1.54, 1.807) is 11.3 Å². The minimum atomic E-state index is 0.291. The number of nitrogens with one attached hydrogen (secondary N) is 1. The molecule has 3 nitrogen and oxygen atoms in total. The lowest BCUT2D eigenvalue weighted by molar-refractivity contribution is 0.795. The average molecular weight is 253 g/mol. The molecule has 0 bridgehead atoms. The van der Waals surface area contributed by atoms with Crippen LogP contribution in [0.4, 0.5) is 5.13 Å². The normalized spacial score (nSPS) is 13.0. The van der Waals surface area contributed by atoms with Crippen molar-refractivity contribution in [3.63, 3.8) is 0 Å². The second kappa shape index (κ2) is 4.93. The minimum absolute atomic E-state index is 0.291. The number of rotatable bonds is 4. The summed E-state index contributed by atoms with van der Waals surface area (Å²) in [6.45, 7) is 6.35. The highest BCUT2D eigenvalue weighted by atomic mass is 32.1. The Bertz CT molecular complexity index is 434. The van der Waals surface area contributed by atoms with E-state index in [9.17, 15) is 0 Å². The van der Waals surface area contributed by atoms with Gasteiger partial charge in [0.2, 0.25) is 5.13 Å². The lowest BCUT2D eigenvalue weighted by Crippen LogP contribution is -2.05. The molecule has 2 aromatic rings. The van der Waals surface area contributed by atoms with E-state index in [4.69, 9.17) is 0 Å². The number of nitrogens with zero attached hydrogens (tertiary/aromatic N) is 2. The molecule has 2 aromatic heterocycles. The first-order chi connectivity index (χ1) is 7.66. The van der Waals surface area contributed by atoms with Gasteiger partial charge >= 0.3 is 0 Å². The summed E-state index contributed by atoms with van der Waals surface area (Å²) in [5, 5.41) is 8.52. The molecule has 0 saturated heterocycles. The van der Waals surface area contributed by atoms with Crippen LogP contribution >= 0.6 is 22.9 Å². The maximum absolute atomic E-state index is 4.46. The maximum Gasteiger partial charge on any atom is 0.203 e. The van der Waals surface area contributed by atoms with Gasteiger partial charge in [0.05, 0.1) is 6.04 Å². The first-order valence-electron chi connectivity index (χ1n) is 5.29. The van der Waals surface area contributed by atoms with Crippen LogP contribution in [0.1, 0.15) is 44.1 Å². The molecule has 5 heteroatoms. The van der Waals surface area contributed by atoms with Gasteiger partial charge in [0.1, 0.15) is 5.82 Å². The van der Waals surface area contributed by atoms with Crippen LogP contribution in [0, 0.1) is 0 Å². The van der Waals surface area contributed by atoms with E-state index in [1.165, 1.54) is 17.1 Å². The predicted molar refractivity (Wildman–Crippen MR) is 70.4 cm³/mol. The quantitative estimate of drug-likeness (QED) is 0.898. The molecule has 1 unspecified atom stereocenters. The van der Waals surface area contributed by atoms with E-state index in [0.29, 0.717) is 12.0 Å². The monoisotopic (exact) mass is 253 g/mol. The Kier molecular flexibility index (Phi) is 3.56. The van der Waals surface area contributed by atoms with Crippen LogP contribution in [-0.4, -0.2) is 9.36 Å². The fourth-order valence-corrected chi connectivity index (χ4v) is 2.87. The minimum Gasteiger partial charge on any atom is -0.354 e. The summed E-state index contributed by atoms with van der Waals surface area (Å²) in [7, 11) is 0. The van der Waals surface area contributed by atoms with Gasteiger partial charge in [0.25, 0.3) is 0 Å². The third-order valence-electron chi connectivity index (χ3n) is 2.34. The van der Waals surface area contributed by atoms with Crippen LogP contribution in [0.25, 0.3) is 0 Å². The maximum atomic E-state index is 4.46. The molecule has 0 spiro atoms. The fourth-order valence-electron chi connectivity index (χ4n) is 1.32. The number of hydrogen-bond donors (Lipinski definition) is 1. The molecule has 2 rings (SSSR count). The van der Waals surface area contributed by atoms with Gasteiger partial charge in [-0.3, -0.25) is 0 Å². The lowest BCUT2D eigenvalue weighted by atomic mass is 10.2. The number of hydrogen-bond acceptors (Lipinski definition) is 5. The van der Waals surface area contributed by atoms with Crippen molar-refractivity contribution >= 4 is 28.0 Å². The molecule has 1 N–H and O–H groups in total. The Labute approximate surface area is 104 Å². The number of anilines is 1. The second-order valence-electron chi connectivity index (χ2n) is 4.04. The molecule has 0 aliphatic heterocycles. The summed E-state index contributed by atoms with van der Waals surface area (Å²) in [5.41, 5.74) is 1.30. The van der Waals surface area contributed by atoms with Crippen molar-refractivity contribution in [2.24, 2.45) is 0 Å². The Morgan fingerprint density at radius 2 is 2.12 bits per heavy atom. The van der Waals surface area contributed by atoms with Crippen LogP contribution in [0.2, 0.25) is 0 Å². The van der Waals surface area contributed by atoms with Crippen LogP contribution in [0.15, 0.2) is 16.8 Å². The van der Waals surface area contributed by atoms with Crippen molar-refractivity contribution in [3.05, 3.63) is 28.2 Å². The van der Waals surface area contributed by atoms with Crippen molar-refractivity contribution in [1.29, 1.82) is 0 Å². The van der Waals surface area contributed by atoms with Crippen LogP contribution in [-0.2, 0) is 0 Å². The standard InChI is InChI=1S/C11H15N3S2/c1-7(2)10-13-11(16-14-10)12-8(3)9-4-5-15-6-9/h4-8H,1-3H3,(H,12,13,14). The lowest BCUT2D eigenvalue weighted by Gasteiger charge is -2.10. The molecule has 0 fully saturated rings. The molecule has 0 aliphatic rings. The molecular formula is C11H15N3S2. The van der Waals surface area contributed by atoms with Crippen LogP contribution in [0.5, 0.6) is 0 Å².